The molecule has 1 rings (SSSR count). The van der Waals surface area contributed by atoms with E-state index in [1.54, 1.807) is 0 Å². The molecule has 86 valence electrons. The highest BCUT2D eigenvalue weighted by molar-refractivity contribution is 4.65. The van der Waals surface area contributed by atoms with Gasteiger partial charge in [0.2, 0.25) is 0 Å². The molecule has 0 bridgehead atoms. The lowest BCUT2D eigenvalue weighted by Crippen LogP contribution is -2.20. The maximum absolute atomic E-state index is 2.62. The molecule has 0 aromatic carbocycles. The molecule has 1 nitrogen and oxygen atoms in total. The Kier molecular flexibility index (Phi) is 11.0. The molecule has 0 saturated carbocycles. The summed E-state index contributed by atoms with van der Waals surface area (Å²) in [4.78, 5) is 2.62. The van der Waals surface area contributed by atoms with Gasteiger partial charge in [-0.25, -0.2) is 0 Å². The van der Waals surface area contributed by atoms with E-state index in [2.05, 4.69) is 11.8 Å². The minimum Gasteiger partial charge on any atom is -0.303 e. The molecule has 1 heteroatoms. The number of hydrogen-bond donors (Lipinski definition) is 0. The molecule has 0 amide bonds. The minimum absolute atomic E-state index is 1.36. The second-order valence-electron chi connectivity index (χ2n) is 3.96. The molecule has 14 heavy (non-hydrogen) atoms. The quantitative estimate of drug-likeness (QED) is 0.583. The summed E-state index contributed by atoms with van der Waals surface area (Å²) >= 11 is 0. The molecule has 1 aliphatic rings. The predicted molar refractivity (Wildman–Crippen MR) is 65.8 cm³/mol. The SMILES string of the molecule is CC.CCCCCCCN1CCCC1. The Labute approximate surface area is 90.9 Å². The topological polar surface area (TPSA) is 3.24 Å². The van der Waals surface area contributed by atoms with E-state index in [0.29, 0.717) is 0 Å². The molecule has 0 spiro atoms. The Bertz CT molecular complexity index is 95.4. The zero-order chi connectivity index (χ0) is 10.6. The largest absolute Gasteiger partial charge is 0.303 e. The fourth-order valence-electron chi connectivity index (χ4n) is 1.95. The first-order chi connectivity index (χ1) is 6.93. The van der Waals surface area contributed by atoms with E-state index in [4.69, 9.17) is 0 Å². The summed E-state index contributed by atoms with van der Waals surface area (Å²) in [5.41, 5.74) is 0. The molecule has 0 atom stereocenters. The van der Waals surface area contributed by atoms with Crippen LogP contribution in [0.2, 0.25) is 0 Å². The first kappa shape index (κ1) is 14.0. The molecule has 1 heterocycles. The number of unbranched alkanes of at least 4 members (excludes halogenated alkanes) is 4. The van der Waals surface area contributed by atoms with Crippen LogP contribution in [0.25, 0.3) is 0 Å². The van der Waals surface area contributed by atoms with E-state index in [1.807, 2.05) is 13.8 Å². The Hall–Kier alpha value is -0.0400. The third kappa shape index (κ3) is 7.37. The Balaban J connectivity index is 0.000000791. The van der Waals surface area contributed by atoms with Gasteiger partial charge in [0, 0.05) is 0 Å². The van der Waals surface area contributed by atoms with E-state index < -0.39 is 0 Å². The van der Waals surface area contributed by atoms with Crippen LogP contribution in [0.1, 0.15) is 65.7 Å². The average Bonchev–Trinajstić information content (AvgIpc) is 2.74. The van der Waals surface area contributed by atoms with Gasteiger partial charge in [-0.2, -0.15) is 0 Å². The van der Waals surface area contributed by atoms with Crippen molar-refractivity contribution < 1.29 is 0 Å². The zero-order valence-electron chi connectivity index (χ0n) is 10.5. The maximum Gasteiger partial charge on any atom is -0.00183 e. The summed E-state index contributed by atoms with van der Waals surface area (Å²) in [6.07, 6.45) is 10.0. The number of nitrogens with zero attached hydrogens (tertiary/aromatic N) is 1. The van der Waals surface area contributed by atoms with E-state index in [1.165, 1.54) is 64.6 Å². The third-order valence-corrected chi connectivity index (χ3v) is 2.78. The summed E-state index contributed by atoms with van der Waals surface area (Å²) in [5, 5.41) is 0. The van der Waals surface area contributed by atoms with Gasteiger partial charge < -0.3 is 4.90 Å². The van der Waals surface area contributed by atoms with E-state index >= 15 is 0 Å². The van der Waals surface area contributed by atoms with Crippen LogP contribution in [-0.2, 0) is 0 Å². The molecule has 0 aromatic rings. The summed E-state index contributed by atoms with van der Waals surface area (Å²) in [6, 6.07) is 0. The van der Waals surface area contributed by atoms with Crippen LogP contribution in [0.3, 0.4) is 0 Å². The van der Waals surface area contributed by atoms with Gasteiger partial charge in [-0.3, -0.25) is 0 Å². The summed E-state index contributed by atoms with van der Waals surface area (Å²) in [7, 11) is 0. The standard InChI is InChI=1S/C11H23N.C2H6/c1-2-3-4-5-6-9-12-10-7-8-11-12;1-2/h2-11H2,1H3;1-2H3. The molecule has 0 radical (unpaired) electrons. The van der Waals surface area contributed by atoms with Gasteiger partial charge in [-0.05, 0) is 38.9 Å². The molecule has 0 aromatic heterocycles. The van der Waals surface area contributed by atoms with Gasteiger partial charge in [0.1, 0.15) is 0 Å². The molecule has 1 saturated heterocycles. The highest BCUT2D eigenvalue weighted by atomic mass is 15.1. The lowest BCUT2D eigenvalue weighted by molar-refractivity contribution is 0.328. The van der Waals surface area contributed by atoms with Crippen molar-refractivity contribution in [2.45, 2.75) is 65.7 Å². The van der Waals surface area contributed by atoms with E-state index in [-0.39, 0.29) is 0 Å². The summed E-state index contributed by atoms with van der Waals surface area (Å²) < 4.78 is 0. The van der Waals surface area contributed by atoms with Crippen LogP contribution in [0.4, 0.5) is 0 Å². The Morgan fingerprint density at radius 3 is 2.00 bits per heavy atom. The minimum atomic E-state index is 1.36. The highest BCUT2D eigenvalue weighted by Gasteiger charge is 2.09. The summed E-state index contributed by atoms with van der Waals surface area (Å²) in [6.45, 7) is 10.4. The zero-order valence-corrected chi connectivity index (χ0v) is 10.5. The lowest BCUT2D eigenvalue weighted by atomic mass is 10.1. The third-order valence-electron chi connectivity index (χ3n) is 2.78. The van der Waals surface area contributed by atoms with Gasteiger partial charge in [-0.1, -0.05) is 46.5 Å². The van der Waals surface area contributed by atoms with Crippen LogP contribution in [0.5, 0.6) is 0 Å². The normalized spacial score (nSPS) is 16.5. The van der Waals surface area contributed by atoms with Crippen LogP contribution in [0.15, 0.2) is 0 Å². The second-order valence-corrected chi connectivity index (χ2v) is 3.96. The van der Waals surface area contributed by atoms with Crippen molar-refractivity contribution in [1.29, 1.82) is 0 Å². The molecular formula is C13H29N. The number of hydrogen-bond acceptors (Lipinski definition) is 1. The van der Waals surface area contributed by atoms with Crippen LogP contribution in [0, 0.1) is 0 Å². The van der Waals surface area contributed by atoms with E-state index in [0.717, 1.165) is 0 Å². The highest BCUT2D eigenvalue weighted by Crippen LogP contribution is 2.09. The monoisotopic (exact) mass is 199 g/mol. The molecule has 1 aliphatic heterocycles. The van der Waals surface area contributed by atoms with Crippen molar-refractivity contribution in [3.05, 3.63) is 0 Å². The maximum atomic E-state index is 2.62. The van der Waals surface area contributed by atoms with Gasteiger partial charge in [0.25, 0.3) is 0 Å². The van der Waals surface area contributed by atoms with Crippen LogP contribution >= 0.6 is 0 Å². The molecule has 1 fully saturated rings. The van der Waals surface area contributed by atoms with Gasteiger partial charge in [-0.15, -0.1) is 0 Å². The van der Waals surface area contributed by atoms with Crippen molar-refractivity contribution >= 4 is 0 Å². The van der Waals surface area contributed by atoms with Crippen molar-refractivity contribution in [1.82, 2.24) is 4.90 Å². The van der Waals surface area contributed by atoms with Gasteiger partial charge >= 0.3 is 0 Å². The van der Waals surface area contributed by atoms with Crippen LogP contribution in [-0.4, -0.2) is 24.5 Å². The van der Waals surface area contributed by atoms with Crippen LogP contribution < -0.4 is 0 Å². The van der Waals surface area contributed by atoms with Gasteiger partial charge in [0.05, 0.1) is 0 Å². The first-order valence-electron chi connectivity index (χ1n) is 6.66. The fraction of sp³-hybridized carbons (Fsp3) is 1.00. The Morgan fingerprint density at radius 2 is 1.43 bits per heavy atom. The fourth-order valence-corrected chi connectivity index (χ4v) is 1.95. The number of likely N-dealkylation sites (tertiary alicyclic amines) is 1. The molecular weight excluding hydrogens is 170 g/mol. The van der Waals surface area contributed by atoms with Gasteiger partial charge in [0.15, 0.2) is 0 Å². The first-order valence-corrected chi connectivity index (χ1v) is 6.66. The Morgan fingerprint density at radius 1 is 0.857 bits per heavy atom. The lowest BCUT2D eigenvalue weighted by Gasteiger charge is -2.13. The van der Waals surface area contributed by atoms with Crippen molar-refractivity contribution in [2.75, 3.05) is 19.6 Å². The van der Waals surface area contributed by atoms with Crippen molar-refractivity contribution in [2.24, 2.45) is 0 Å². The molecule has 0 aliphatic carbocycles. The summed E-state index contributed by atoms with van der Waals surface area (Å²) in [5.74, 6) is 0. The predicted octanol–water partition coefficient (Wildman–Crippen LogP) is 4.08. The van der Waals surface area contributed by atoms with Crippen molar-refractivity contribution in [3.8, 4) is 0 Å². The van der Waals surface area contributed by atoms with Crippen molar-refractivity contribution in [3.63, 3.8) is 0 Å². The molecule has 0 N–H and O–H groups in total. The van der Waals surface area contributed by atoms with E-state index in [9.17, 15) is 0 Å². The number of rotatable bonds is 6. The smallest absolute Gasteiger partial charge is 0.00183 e. The average molecular weight is 199 g/mol. The molecule has 0 unspecified atom stereocenters. The second kappa shape index (κ2) is 11.0.